The Kier molecular flexibility index (Phi) is 8.06. The summed E-state index contributed by atoms with van der Waals surface area (Å²) in [6, 6.07) is 6.11. The van der Waals surface area contributed by atoms with Crippen LogP contribution in [0.5, 0.6) is 5.75 Å². The summed E-state index contributed by atoms with van der Waals surface area (Å²) in [6.07, 6.45) is -0.636. The summed E-state index contributed by atoms with van der Waals surface area (Å²) in [4.78, 5) is 13.7. The Balaban J connectivity index is 2.44. The minimum Gasteiger partial charge on any atom is -0.491 e. The molecule has 0 aromatic heterocycles. The van der Waals surface area contributed by atoms with E-state index in [9.17, 15) is 9.90 Å². The van der Waals surface area contributed by atoms with Gasteiger partial charge in [-0.05, 0) is 57.5 Å². The fraction of sp³-hybridized carbons (Fsp3) is 0.611. The lowest BCUT2D eigenvalue weighted by Crippen LogP contribution is -2.43. The molecule has 0 fully saturated rings. The van der Waals surface area contributed by atoms with Crippen molar-refractivity contribution in [3.8, 4) is 5.75 Å². The van der Waals surface area contributed by atoms with Gasteiger partial charge >= 0.3 is 0 Å². The Morgan fingerprint density at radius 1 is 1.26 bits per heavy atom. The van der Waals surface area contributed by atoms with Crippen molar-refractivity contribution >= 4 is 5.91 Å². The Morgan fingerprint density at radius 3 is 2.39 bits per heavy atom. The number of hydrogen-bond donors (Lipinski definition) is 2. The average Bonchev–Trinajstić information content (AvgIpc) is 2.42. The van der Waals surface area contributed by atoms with Crippen LogP contribution >= 0.6 is 0 Å². The van der Waals surface area contributed by atoms with E-state index in [1.165, 1.54) is 0 Å². The minimum atomic E-state index is -0.636. The van der Waals surface area contributed by atoms with Gasteiger partial charge in [0.2, 0.25) is 5.91 Å². The lowest BCUT2D eigenvalue weighted by atomic mass is 10.1. The number of nitrogens with zero attached hydrogens (tertiary/aromatic N) is 1. The van der Waals surface area contributed by atoms with Crippen LogP contribution in [0.3, 0.4) is 0 Å². The summed E-state index contributed by atoms with van der Waals surface area (Å²) in [5.41, 5.74) is 2.27. The number of aliphatic hydroxyl groups is 1. The number of hydrogen-bond acceptors (Lipinski definition) is 4. The van der Waals surface area contributed by atoms with Crippen LogP contribution in [0.2, 0.25) is 0 Å². The van der Waals surface area contributed by atoms with E-state index >= 15 is 0 Å². The molecule has 2 N–H and O–H groups in total. The van der Waals surface area contributed by atoms with E-state index in [0.717, 1.165) is 16.9 Å². The van der Waals surface area contributed by atoms with Gasteiger partial charge in [0.1, 0.15) is 18.5 Å². The topological polar surface area (TPSA) is 61.8 Å². The van der Waals surface area contributed by atoms with Crippen LogP contribution in [0.15, 0.2) is 18.2 Å². The molecule has 0 aliphatic heterocycles. The predicted octanol–water partition coefficient (Wildman–Crippen LogP) is 1.89. The maximum absolute atomic E-state index is 11.8. The highest BCUT2D eigenvalue weighted by Crippen LogP contribution is 2.16. The number of benzene rings is 1. The SMILES string of the molecule is CCN(CC(=O)NC(C)C)CC(O)COc1cc(C)cc(C)c1. The maximum Gasteiger partial charge on any atom is 0.234 e. The second-order valence-electron chi connectivity index (χ2n) is 6.34. The minimum absolute atomic E-state index is 0.0238. The highest BCUT2D eigenvalue weighted by Gasteiger charge is 2.15. The summed E-state index contributed by atoms with van der Waals surface area (Å²) < 4.78 is 5.67. The standard InChI is InChI=1S/C18H30N2O3/c1-6-20(11-18(22)19-13(2)3)10-16(21)12-23-17-8-14(4)7-15(5)9-17/h7-9,13,16,21H,6,10-12H2,1-5H3,(H,19,22). The number of amides is 1. The van der Waals surface area contributed by atoms with Gasteiger partial charge in [0.15, 0.2) is 0 Å². The Hall–Kier alpha value is -1.59. The molecule has 130 valence electrons. The number of carbonyl (C=O) groups excluding carboxylic acids is 1. The molecule has 0 saturated heterocycles. The molecule has 1 unspecified atom stereocenters. The van der Waals surface area contributed by atoms with Crippen LogP contribution < -0.4 is 10.1 Å². The van der Waals surface area contributed by atoms with Crippen LogP contribution in [0.4, 0.5) is 0 Å². The first-order valence-corrected chi connectivity index (χ1v) is 8.21. The fourth-order valence-electron chi connectivity index (χ4n) is 2.44. The summed E-state index contributed by atoms with van der Waals surface area (Å²) >= 11 is 0. The molecule has 5 heteroatoms. The monoisotopic (exact) mass is 322 g/mol. The van der Waals surface area contributed by atoms with Crippen molar-refractivity contribution in [2.24, 2.45) is 0 Å². The molecule has 0 aliphatic rings. The number of rotatable bonds is 9. The molecular weight excluding hydrogens is 292 g/mol. The van der Waals surface area contributed by atoms with Gasteiger partial charge < -0.3 is 15.2 Å². The second kappa shape index (κ2) is 9.53. The molecule has 0 heterocycles. The third-order valence-corrected chi connectivity index (χ3v) is 3.37. The Morgan fingerprint density at radius 2 is 1.87 bits per heavy atom. The van der Waals surface area contributed by atoms with Gasteiger partial charge in [-0.3, -0.25) is 9.69 Å². The van der Waals surface area contributed by atoms with E-state index in [2.05, 4.69) is 11.4 Å². The van der Waals surface area contributed by atoms with Crippen molar-refractivity contribution < 1.29 is 14.6 Å². The Bertz CT molecular complexity index is 483. The zero-order valence-corrected chi connectivity index (χ0v) is 14.9. The van der Waals surface area contributed by atoms with Crippen molar-refractivity contribution in [2.45, 2.75) is 46.8 Å². The van der Waals surface area contributed by atoms with Gasteiger partial charge in [0.05, 0.1) is 6.54 Å². The van der Waals surface area contributed by atoms with E-state index in [1.807, 2.05) is 51.7 Å². The largest absolute Gasteiger partial charge is 0.491 e. The highest BCUT2D eigenvalue weighted by atomic mass is 16.5. The van der Waals surface area contributed by atoms with Crippen LogP contribution in [0.25, 0.3) is 0 Å². The quantitative estimate of drug-likeness (QED) is 0.729. The van der Waals surface area contributed by atoms with Crippen molar-refractivity contribution in [3.63, 3.8) is 0 Å². The number of nitrogens with one attached hydrogen (secondary N) is 1. The van der Waals surface area contributed by atoms with Crippen LogP contribution in [0, 0.1) is 13.8 Å². The van der Waals surface area contributed by atoms with E-state index in [1.54, 1.807) is 0 Å². The van der Waals surface area contributed by atoms with E-state index in [4.69, 9.17) is 4.74 Å². The molecule has 0 saturated carbocycles. The van der Waals surface area contributed by atoms with E-state index < -0.39 is 6.10 Å². The van der Waals surface area contributed by atoms with Crippen molar-refractivity contribution in [1.29, 1.82) is 0 Å². The van der Waals surface area contributed by atoms with Gasteiger partial charge in [-0.15, -0.1) is 0 Å². The smallest absolute Gasteiger partial charge is 0.234 e. The molecule has 0 aliphatic carbocycles. The molecule has 23 heavy (non-hydrogen) atoms. The van der Waals surface area contributed by atoms with E-state index in [-0.39, 0.29) is 25.1 Å². The third kappa shape index (κ3) is 8.00. The molecule has 1 atom stereocenters. The zero-order chi connectivity index (χ0) is 17.4. The van der Waals surface area contributed by atoms with Crippen molar-refractivity contribution in [2.75, 3.05) is 26.2 Å². The summed E-state index contributed by atoms with van der Waals surface area (Å²) in [5.74, 6) is 0.742. The Labute approximate surface area is 139 Å². The fourth-order valence-corrected chi connectivity index (χ4v) is 2.44. The second-order valence-corrected chi connectivity index (χ2v) is 6.34. The number of aliphatic hydroxyl groups excluding tert-OH is 1. The molecule has 0 radical (unpaired) electrons. The lowest BCUT2D eigenvalue weighted by molar-refractivity contribution is -0.123. The molecule has 5 nitrogen and oxygen atoms in total. The molecule has 0 bridgehead atoms. The van der Waals surface area contributed by atoms with Gasteiger partial charge in [-0.1, -0.05) is 13.0 Å². The molecule has 1 aromatic carbocycles. The number of aryl methyl sites for hydroxylation is 2. The maximum atomic E-state index is 11.8. The van der Waals surface area contributed by atoms with Gasteiger partial charge in [-0.2, -0.15) is 0 Å². The first kappa shape index (κ1) is 19.5. The number of carbonyl (C=O) groups is 1. The van der Waals surface area contributed by atoms with Crippen LogP contribution in [-0.2, 0) is 4.79 Å². The zero-order valence-electron chi connectivity index (χ0n) is 14.9. The summed E-state index contributed by atoms with van der Waals surface area (Å²) in [6.45, 7) is 11.5. The number of ether oxygens (including phenoxy) is 1. The first-order valence-electron chi connectivity index (χ1n) is 8.21. The summed E-state index contributed by atoms with van der Waals surface area (Å²) in [7, 11) is 0. The highest BCUT2D eigenvalue weighted by molar-refractivity contribution is 5.78. The van der Waals surface area contributed by atoms with Gasteiger partial charge in [-0.25, -0.2) is 0 Å². The number of likely N-dealkylation sites (N-methyl/N-ethyl adjacent to an activating group) is 1. The predicted molar refractivity (Wildman–Crippen MR) is 92.8 cm³/mol. The molecular formula is C18H30N2O3. The molecule has 1 aromatic rings. The molecule has 1 amide bonds. The average molecular weight is 322 g/mol. The van der Waals surface area contributed by atoms with Gasteiger partial charge in [0, 0.05) is 12.6 Å². The molecule has 1 rings (SSSR count). The molecule has 0 spiro atoms. The van der Waals surface area contributed by atoms with E-state index in [0.29, 0.717) is 13.1 Å². The first-order chi connectivity index (χ1) is 10.8. The third-order valence-electron chi connectivity index (χ3n) is 3.37. The normalized spacial score (nSPS) is 12.5. The van der Waals surface area contributed by atoms with Crippen LogP contribution in [-0.4, -0.2) is 54.3 Å². The lowest BCUT2D eigenvalue weighted by Gasteiger charge is -2.23. The van der Waals surface area contributed by atoms with Crippen molar-refractivity contribution in [1.82, 2.24) is 10.2 Å². The van der Waals surface area contributed by atoms with Gasteiger partial charge in [0.25, 0.3) is 0 Å². The summed E-state index contributed by atoms with van der Waals surface area (Å²) in [5, 5.41) is 13.0. The van der Waals surface area contributed by atoms with Crippen LogP contribution in [0.1, 0.15) is 31.9 Å². The van der Waals surface area contributed by atoms with Crippen molar-refractivity contribution in [3.05, 3.63) is 29.3 Å².